The molecular weight excluding hydrogens is 163 g/mol. The van der Waals surface area contributed by atoms with Crippen molar-refractivity contribution in [1.29, 1.82) is 0 Å². The molecule has 1 aromatic carbocycles. The maximum Gasteiger partial charge on any atom is 0.488 e. The number of rotatable bonds is 2. The fourth-order valence-corrected chi connectivity index (χ4v) is 1.79. The molecule has 0 atom stereocenters. The van der Waals surface area contributed by atoms with Gasteiger partial charge in [-0.15, -0.1) is 0 Å². The summed E-state index contributed by atoms with van der Waals surface area (Å²) in [5.41, 5.74) is 2.97. The second-order valence-electron chi connectivity index (χ2n) is 3.71. The third-order valence-corrected chi connectivity index (χ3v) is 2.71. The lowest BCUT2D eigenvalue weighted by Gasteiger charge is -2.09. The molecule has 0 unspecified atom stereocenters. The minimum absolute atomic E-state index is 0.643. The van der Waals surface area contributed by atoms with Crippen molar-refractivity contribution in [3.63, 3.8) is 0 Å². The van der Waals surface area contributed by atoms with Gasteiger partial charge in [-0.3, -0.25) is 0 Å². The van der Waals surface area contributed by atoms with Crippen molar-refractivity contribution in [2.45, 2.75) is 25.7 Å². The molecule has 2 nitrogen and oxygen atoms in total. The van der Waals surface area contributed by atoms with E-state index in [9.17, 15) is 0 Å². The van der Waals surface area contributed by atoms with Crippen LogP contribution in [0.5, 0.6) is 0 Å². The molecule has 1 aromatic rings. The number of hydrogen-bond acceptors (Lipinski definition) is 2. The van der Waals surface area contributed by atoms with Crippen LogP contribution in [0.4, 0.5) is 0 Å². The molecule has 0 aliphatic heterocycles. The van der Waals surface area contributed by atoms with E-state index in [1.54, 1.807) is 6.07 Å². The Balaban J connectivity index is 2.41. The van der Waals surface area contributed by atoms with Gasteiger partial charge in [-0.1, -0.05) is 18.2 Å². The highest BCUT2D eigenvalue weighted by molar-refractivity contribution is 6.59. The summed E-state index contributed by atoms with van der Waals surface area (Å²) in [6.45, 7) is 1.96. The first-order valence-electron chi connectivity index (χ1n) is 4.65. The Kier molecular flexibility index (Phi) is 2.14. The second kappa shape index (κ2) is 3.16. The summed E-state index contributed by atoms with van der Waals surface area (Å²) in [7, 11) is -1.33. The van der Waals surface area contributed by atoms with Crippen molar-refractivity contribution in [1.82, 2.24) is 0 Å². The lowest BCUT2D eigenvalue weighted by atomic mass is 9.75. The van der Waals surface area contributed by atoms with E-state index < -0.39 is 7.12 Å². The molecule has 0 radical (unpaired) electrons. The number of benzene rings is 1. The van der Waals surface area contributed by atoms with Gasteiger partial charge in [0.25, 0.3) is 0 Å². The van der Waals surface area contributed by atoms with E-state index in [0.29, 0.717) is 11.4 Å². The molecular formula is C10H13BO2. The minimum Gasteiger partial charge on any atom is -0.423 e. The van der Waals surface area contributed by atoms with Gasteiger partial charge in [0.15, 0.2) is 0 Å². The van der Waals surface area contributed by atoms with Crippen molar-refractivity contribution in [2.75, 3.05) is 0 Å². The highest BCUT2D eigenvalue weighted by atomic mass is 16.4. The van der Waals surface area contributed by atoms with Crippen molar-refractivity contribution in [2.24, 2.45) is 0 Å². The topological polar surface area (TPSA) is 40.5 Å². The molecule has 2 N–H and O–H groups in total. The summed E-state index contributed by atoms with van der Waals surface area (Å²) in [5, 5.41) is 18.2. The van der Waals surface area contributed by atoms with Crippen LogP contribution in [-0.4, -0.2) is 17.2 Å². The average Bonchev–Trinajstić information content (AvgIpc) is 2.87. The average molecular weight is 176 g/mol. The predicted octanol–water partition coefficient (Wildman–Crippen LogP) is 0.552. The maximum absolute atomic E-state index is 9.09. The van der Waals surface area contributed by atoms with Crippen molar-refractivity contribution < 1.29 is 10.0 Å². The van der Waals surface area contributed by atoms with Gasteiger partial charge in [0.1, 0.15) is 0 Å². The first-order chi connectivity index (χ1) is 6.20. The van der Waals surface area contributed by atoms with Gasteiger partial charge in [-0.05, 0) is 42.3 Å². The molecule has 0 spiro atoms. The first kappa shape index (κ1) is 8.79. The lowest BCUT2D eigenvalue weighted by molar-refractivity contribution is 0.425. The SMILES string of the molecule is Cc1c(B(O)O)cccc1C1CC1. The lowest BCUT2D eigenvalue weighted by Crippen LogP contribution is -2.32. The van der Waals surface area contributed by atoms with Gasteiger partial charge in [-0.25, -0.2) is 0 Å². The molecule has 1 aliphatic rings. The van der Waals surface area contributed by atoms with Crippen LogP contribution in [0.2, 0.25) is 0 Å². The summed E-state index contributed by atoms with van der Waals surface area (Å²) in [4.78, 5) is 0. The third-order valence-electron chi connectivity index (χ3n) is 2.71. The summed E-state index contributed by atoms with van der Waals surface area (Å²) < 4.78 is 0. The van der Waals surface area contributed by atoms with Crippen LogP contribution in [0.1, 0.15) is 29.9 Å². The van der Waals surface area contributed by atoms with Crippen LogP contribution in [-0.2, 0) is 0 Å². The molecule has 0 saturated heterocycles. The van der Waals surface area contributed by atoms with E-state index in [-0.39, 0.29) is 0 Å². The molecule has 1 fully saturated rings. The van der Waals surface area contributed by atoms with Crippen LogP contribution < -0.4 is 5.46 Å². The molecule has 2 rings (SSSR count). The first-order valence-corrected chi connectivity index (χ1v) is 4.65. The molecule has 0 heterocycles. The van der Waals surface area contributed by atoms with E-state index in [2.05, 4.69) is 6.07 Å². The molecule has 1 saturated carbocycles. The largest absolute Gasteiger partial charge is 0.488 e. The van der Waals surface area contributed by atoms with Crippen molar-refractivity contribution in [3.05, 3.63) is 29.3 Å². The molecule has 0 aromatic heterocycles. The monoisotopic (exact) mass is 176 g/mol. The van der Waals surface area contributed by atoms with E-state index >= 15 is 0 Å². The Hall–Kier alpha value is -0.795. The summed E-state index contributed by atoms with van der Waals surface area (Å²) in [6.07, 6.45) is 2.48. The second-order valence-corrected chi connectivity index (χ2v) is 3.71. The van der Waals surface area contributed by atoms with Gasteiger partial charge in [0, 0.05) is 0 Å². The summed E-state index contributed by atoms with van der Waals surface area (Å²) in [5.74, 6) is 0.665. The Morgan fingerprint density at radius 3 is 2.54 bits per heavy atom. The quantitative estimate of drug-likeness (QED) is 0.646. The zero-order valence-corrected chi connectivity index (χ0v) is 7.70. The van der Waals surface area contributed by atoms with Crippen LogP contribution >= 0.6 is 0 Å². The Labute approximate surface area is 78.4 Å². The number of hydrogen-bond donors (Lipinski definition) is 2. The minimum atomic E-state index is -1.33. The van der Waals surface area contributed by atoms with Gasteiger partial charge in [0.2, 0.25) is 0 Å². The Morgan fingerprint density at radius 1 is 1.31 bits per heavy atom. The van der Waals surface area contributed by atoms with E-state index in [1.165, 1.54) is 18.4 Å². The van der Waals surface area contributed by atoms with Gasteiger partial charge >= 0.3 is 7.12 Å². The summed E-state index contributed by atoms with van der Waals surface area (Å²) in [6, 6.07) is 5.75. The molecule has 13 heavy (non-hydrogen) atoms. The highest BCUT2D eigenvalue weighted by Crippen LogP contribution is 2.40. The summed E-state index contributed by atoms with van der Waals surface area (Å²) >= 11 is 0. The Bertz CT molecular complexity index is 298. The fraction of sp³-hybridized carbons (Fsp3) is 0.400. The smallest absolute Gasteiger partial charge is 0.423 e. The molecule has 0 bridgehead atoms. The molecule has 68 valence electrons. The van der Waals surface area contributed by atoms with Crippen LogP contribution in [0.25, 0.3) is 0 Å². The highest BCUT2D eigenvalue weighted by Gasteiger charge is 2.27. The van der Waals surface area contributed by atoms with Crippen molar-refractivity contribution in [3.8, 4) is 0 Å². The van der Waals surface area contributed by atoms with Crippen LogP contribution in [0, 0.1) is 6.92 Å². The van der Waals surface area contributed by atoms with Gasteiger partial charge in [-0.2, -0.15) is 0 Å². The van der Waals surface area contributed by atoms with E-state index in [4.69, 9.17) is 10.0 Å². The normalized spacial score (nSPS) is 15.9. The fourth-order valence-electron chi connectivity index (χ4n) is 1.79. The zero-order valence-electron chi connectivity index (χ0n) is 7.70. The van der Waals surface area contributed by atoms with Crippen molar-refractivity contribution >= 4 is 12.6 Å². The van der Waals surface area contributed by atoms with E-state index in [0.717, 1.165) is 5.56 Å². The van der Waals surface area contributed by atoms with Crippen LogP contribution in [0.15, 0.2) is 18.2 Å². The van der Waals surface area contributed by atoms with Gasteiger partial charge < -0.3 is 10.0 Å². The van der Waals surface area contributed by atoms with Gasteiger partial charge in [0.05, 0.1) is 0 Å². The standard InChI is InChI=1S/C10H13BO2/c1-7-9(8-5-6-8)3-2-4-10(7)11(12)13/h2-4,8,12-13H,5-6H2,1H3. The predicted molar refractivity (Wildman–Crippen MR) is 53.0 cm³/mol. The third kappa shape index (κ3) is 1.62. The Morgan fingerprint density at radius 2 is 2.00 bits per heavy atom. The molecule has 3 heteroatoms. The molecule has 0 amide bonds. The van der Waals surface area contributed by atoms with Crippen LogP contribution in [0.3, 0.4) is 0 Å². The maximum atomic E-state index is 9.09. The zero-order chi connectivity index (χ0) is 9.42. The molecule has 1 aliphatic carbocycles. The van der Waals surface area contributed by atoms with E-state index in [1.807, 2.05) is 13.0 Å².